The van der Waals surface area contributed by atoms with Gasteiger partial charge in [0.05, 0.1) is 0 Å². The van der Waals surface area contributed by atoms with Gasteiger partial charge in [-0.1, -0.05) is 25.1 Å². The highest BCUT2D eigenvalue weighted by Gasteiger charge is 2.20. The first-order valence-electron chi connectivity index (χ1n) is 8.00. The fourth-order valence-electron chi connectivity index (χ4n) is 2.85. The lowest BCUT2D eigenvalue weighted by Gasteiger charge is -2.38. The Hall–Kier alpha value is -1.06. The van der Waals surface area contributed by atoms with Crippen LogP contribution in [0, 0.1) is 0 Å². The van der Waals surface area contributed by atoms with Crippen molar-refractivity contribution in [3.05, 3.63) is 29.8 Å². The van der Waals surface area contributed by atoms with Crippen LogP contribution in [0.2, 0.25) is 0 Å². The molecule has 2 rings (SSSR count). The molecule has 3 nitrogen and oxygen atoms in total. The number of nitrogens with one attached hydrogen (secondary N) is 1. The first-order chi connectivity index (χ1) is 9.72. The van der Waals surface area contributed by atoms with Gasteiger partial charge in [-0.2, -0.15) is 0 Å². The zero-order valence-electron chi connectivity index (χ0n) is 13.2. The van der Waals surface area contributed by atoms with Gasteiger partial charge >= 0.3 is 0 Å². The Balaban J connectivity index is 1.98. The topological polar surface area (TPSA) is 18.5 Å². The number of rotatable bonds is 6. The van der Waals surface area contributed by atoms with E-state index in [1.807, 2.05) is 0 Å². The van der Waals surface area contributed by atoms with E-state index in [1.54, 1.807) is 0 Å². The smallest absolute Gasteiger partial charge is 0.0412 e. The van der Waals surface area contributed by atoms with Crippen LogP contribution in [-0.4, -0.2) is 43.7 Å². The van der Waals surface area contributed by atoms with Gasteiger partial charge in [-0.25, -0.2) is 0 Å². The van der Waals surface area contributed by atoms with E-state index in [-0.39, 0.29) is 0 Å². The minimum absolute atomic E-state index is 0.665. The molecule has 1 aliphatic heterocycles. The van der Waals surface area contributed by atoms with E-state index < -0.39 is 0 Å². The molecule has 20 heavy (non-hydrogen) atoms. The Morgan fingerprint density at radius 3 is 2.45 bits per heavy atom. The zero-order chi connectivity index (χ0) is 14.4. The molecule has 0 aliphatic carbocycles. The van der Waals surface area contributed by atoms with Gasteiger partial charge in [0.15, 0.2) is 0 Å². The Bertz CT molecular complexity index is 395. The molecule has 1 aromatic carbocycles. The van der Waals surface area contributed by atoms with E-state index in [0.717, 1.165) is 26.2 Å². The van der Waals surface area contributed by atoms with Gasteiger partial charge in [-0.3, -0.25) is 4.90 Å². The summed E-state index contributed by atoms with van der Waals surface area (Å²) in [7, 11) is 0. The van der Waals surface area contributed by atoms with Crippen LogP contribution in [0.1, 0.15) is 32.8 Å². The molecule has 3 heteroatoms. The van der Waals surface area contributed by atoms with Crippen LogP contribution < -0.4 is 10.2 Å². The van der Waals surface area contributed by atoms with Crippen LogP contribution in [0.15, 0.2) is 24.3 Å². The van der Waals surface area contributed by atoms with E-state index in [0.29, 0.717) is 6.04 Å². The summed E-state index contributed by atoms with van der Waals surface area (Å²) in [6.07, 6.45) is 1.19. The highest BCUT2D eigenvalue weighted by Crippen LogP contribution is 2.22. The quantitative estimate of drug-likeness (QED) is 0.805. The third-order valence-electron chi connectivity index (χ3n) is 4.12. The summed E-state index contributed by atoms with van der Waals surface area (Å²) in [5, 5.41) is 3.52. The standard InChI is InChI=1S/C17H29N3/c1-4-9-18-14-16-7-5-6-8-17(16)20-12-10-19(11-13-20)15(2)3/h5-8,15,18H,4,9-14H2,1-3H3. The molecule has 0 saturated carbocycles. The summed E-state index contributed by atoms with van der Waals surface area (Å²) in [5.41, 5.74) is 2.85. The lowest BCUT2D eigenvalue weighted by Crippen LogP contribution is -2.49. The van der Waals surface area contributed by atoms with Crippen LogP contribution in [0.25, 0.3) is 0 Å². The van der Waals surface area contributed by atoms with Crippen molar-refractivity contribution in [2.24, 2.45) is 0 Å². The minimum Gasteiger partial charge on any atom is -0.369 e. The van der Waals surface area contributed by atoms with Gasteiger partial charge in [-0.15, -0.1) is 0 Å². The second kappa shape index (κ2) is 7.65. The van der Waals surface area contributed by atoms with Crippen LogP contribution >= 0.6 is 0 Å². The maximum absolute atomic E-state index is 3.52. The van der Waals surface area contributed by atoms with E-state index >= 15 is 0 Å². The predicted molar refractivity (Wildman–Crippen MR) is 87.4 cm³/mol. The monoisotopic (exact) mass is 275 g/mol. The lowest BCUT2D eigenvalue weighted by atomic mass is 10.1. The maximum Gasteiger partial charge on any atom is 0.0412 e. The molecule has 0 spiro atoms. The normalized spacial score (nSPS) is 16.9. The third kappa shape index (κ3) is 3.97. The SMILES string of the molecule is CCCNCc1ccccc1N1CCN(C(C)C)CC1. The molecule has 1 fully saturated rings. The summed E-state index contributed by atoms with van der Waals surface area (Å²) in [6.45, 7) is 13.5. The summed E-state index contributed by atoms with van der Waals surface area (Å²) >= 11 is 0. The predicted octanol–water partition coefficient (Wildman–Crippen LogP) is 2.72. The first-order valence-corrected chi connectivity index (χ1v) is 8.00. The summed E-state index contributed by atoms with van der Waals surface area (Å²) in [6, 6.07) is 9.50. The highest BCUT2D eigenvalue weighted by atomic mass is 15.3. The molecule has 1 saturated heterocycles. The molecule has 1 aromatic rings. The number of hydrogen-bond acceptors (Lipinski definition) is 3. The number of hydrogen-bond donors (Lipinski definition) is 1. The van der Waals surface area contributed by atoms with Crippen molar-refractivity contribution in [3.8, 4) is 0 Å². The van der Waals surface area contributed by atoms with E-state index in [4.69, 9.17) is 0 Å². The van der Waals surface area contributed by atoms with Crippen molar-refractivity contribution in [1.82, 2.24) is 10.2 Å². The van der Waals surface area contributed by atoms with Crippen LogP contribution in [0.3, 0.4) is 0 Å². The van der Waals surface area contributed by atoms with Gasteiger partial charge in [0.25, 0.3) is 0 Å². The van der Waals surface area contributed by atoms with Crippen LogP contribution in [-0.2, 0) is 6.54 Å². The molecule has 1 aliphatic rings. The number of piperazine rings is 1. The van der Waals surface area contributed by atoms with Crippen molar-refractivity contribution in [3.63, 3.8) is 0 Å². The second-order valence-electron chi connectivity index (χ2n) is 5.92. The molecule has 0 bridgehead atoms. The largest absolute Gasteiger partial charge is 0.369 e. The minimum atomic E-state index is 0.665. The summed E-state index contributed by atoms with van der Waals surface area (Å²) < 4.78 is 0. The molecule has 0 unspecified atom stereocenters. The fourth-order valence-corrected chi connectivity index (χ4v) is 2.85. The molecule has 1 N–H and O–H groups in total. The van der Waals surface area contributed by atoms with Crippen LogP contribution in [0.5, 0.6) is 0 Å². The number of anilines is 1. The Labute approximate surface area is 124 Å². The molecule has 0 radical (unpaired) electrons. The van der Waals surface area contributed by atoms with Gasteiger partial charge in [0.1, 0.15) is 0 Å². The Morgan fingerprint density at radius 2 is 1.80 bits per heavy atom. The average Bonchev–Trinajstić information content (AvgIpc) is 2.48. The lowest BCUT2D eigenvalue weighted by molar-refractivity contribution is 0.209. The zero-order valence-corrected chi connectivity index (χ0v) is 13.2. The number of para-hydroxylation sites is 1. The van der Waals surface area contributed by atoms with Crippen molar-refractivity contribution >= 4 is 5.69 Å². The maximum atomic E-state index is 3.52. The van der Waals surface area contributed by atoms with Crippen molar-refractivity contribution in [2.45, 2.75) is 39.8 Å². The highest BCUT2D eigenvalue weighted by molar-refractivity contribution is 5.54. The molecular weight excluding hydrogens is 246 g/mol. The van der Waals surface area contributed by atoms with Crippen molar-refractivity contribution in [1.29, 1.82) is 0 Å². The molecule has 112 valence electrons. The average molecular weight is 275 g/mol. The fraction of sp³-hybridized carbons (Fsp3) is 0.647. The first kappa shape index (κ1) is 15.3. The van der Waals surface area contributed by atoms with Gasteiger partial charge in [-0.05, 0) is 38.4 Å². The Kier molecular flexibility index (Phi) is 5.86. The van der Waals surface area contributed by atoms with Gasteiger partial charge in [0.2, 0.25) is 0 Å². The van der Waals surface area contributed by atoms with Crippen molar-refractivity contribution < 1.29 is 0 Å². The van der Waals surface area contributed by atoms with Gasteiger partial charge < -0.3 is 10.2 Å². The van der Waals surface area contributed by atoms with Crippen LogP contribution in [0.4, 0.5) is 5.69 Å². The number of benzene rings is 1. The van der Waals surface area contributed by atoms with Gasteiger partial charge in [0, 0.05) is 44.5 Å². The molecule has 0 aromatic heterocycles. The molecule has 0 atom stereocenters. The van der Waals surface area contributed by atoms with Crippen molar-refractivity contribution in [2.75, 3.05) is 37.6 Å². The summed E-state index contributed by atoms with van der Waals surface area (Å²) in [5.74, 6) is 0. The second-order valence-corrected chi connectivity index (χ2v) is 5.92. The molecular formula is C17H29N3. The third-order valence-corrected chi connectivity index (χ3v) is 4.12. The molecule has 1 heterocycles. The Morgan fingerprint density at radius 1 is 1.10 bits per heavy atom. The molecule has 0 amide bonds. The van der Waals surface area contributed by atoms with E-state index in [2.05, 4.69) is 60.2 Å². The number of nitrogens with zero attached hydrogens (tertiary/aromatic N) is 2. The van der Waals surface area contributed by atoms with E-state index in [1.165, 1.54) is 30.8 Å². The summed E-state index contributed by atoms with van der Waals surface area (Å²) in [4.78, 5) is 5.11. The van der Waals surface area contributed by atoms with E-state index in [9.17, 15) is 0 Å².